The van der Waals surface area contributed by atoms with E-state index in [1.165, 1.54) is 0 Å². The standard InChI is InChI=1S/C17H22N4O2S/c1-24-12-14-5-6-15(23-14)16(22)20-10-13-4-2-9-21(11-13)17-18-7-3-8-19-17/h3,5-8,13H,2,4,9-12H2,1H3,(H,20,22)/t13-/m0/s1. The molecule has 7 heteroatoms. The number of piperidine rings is 1. The van der Waals surface area contributed by atoms with Crippen LogP contribution >= 0.6 is 11.8 Å². The van der Waals surface area contributed by atoms with Gasteiger partial charge < -0.3 is 14.6 Å². The second-order valence-corrected chi connectivity index (χ2v) is 6.78. The highest BCUT2D eigenvalue weighted by atomic mass is 32.2. The lowest BCUT2D eigenvalue weighted by atomic mass is 9.98. The van der Waals surface area contributed by atoms with E-state index >= 15 is 0 Å². The molecule has 0 aromatic carbocycles. The van der Waals surface area contributed by atoms with Crippen LogP contribution in [0.2, 0.25) is 0 Å². The van der Waals surface area contributed by atoms with Crippen LogP contribution in [0.4, 0.5) is 5.95 Å². The summed E-state index contributed by atoms with van der Waals surface area (Å²) in [6, 6.07) is 5.42. The zero-order chi connectivity index (χ0) is 16.8. The number of hydrogen-bond acceptors (Lipinski definition) is 6. The number of carbonyl (C=O) groups excluding carboxylic acids is 1. The molecule has 0 saturated carbocycles. The van der Waals surface area contributed by atoms with Crippen LogP contribution in [0.5, 0.6) is 0 Å². The van der Waals surface area contributed by atoms with Crippen molar-refractivity contribution in [1.82, 2.24) is 15.3 Å². The minimum atomic E-state index is -0.143. The number of furan rings is 1. The lowest BCUT2D eigenvalue weighted by Gasteiger charge is -2.32. The Balaban J connectivity index is 1.51. The van der Waals surface area contributed by atoms with Crippen LogP contribution in [0.15, 0.2) is 35.0 Å². The fourth-order valence-corrected chi connectivity index (χ4v) is 3.35. The molecule has 0 radical (unpaired) electrons. The number of nitrogens with zero attached hydrogens (tertiary/aromatic N) is 3. The highest BCUT2D eigenvalue weighted by molar-refractivity contribution is 7.97. The molecule has 1 N–H and O–H groups in total. The molecule has 1 aliphatic heterocycles. The van der Waals surface area contributed by atoms with Gasteiger partial charge in [-0.05, 0) is 43.2 Å². The number of aromatic nitrogens is 2. The molecule has 1 atom stereocenters. The molecule has 1 saturated heterocycles. The van der Waals surface area contributed by atoms with Gasteiger partial charge in [-0.3, -0.25) is 4.79 Å². The van der Waals surface area contributed by atoms with Gasteiger partial charge >= 0.3 is 0 Å². The first-order chi connectivity index (χ1) is 11.8. The molecule has 2 aromatic heterocycles. The smallest absolute Gasteiger partial charge is 0.287 e. The fourth-order valence-electron chi connectivity index (χ4n) is 2.91. The third-order valence-corrected chi connectivity index (χ3v) is 4.65. The molecule has 6 nitrogen and oxygen atoms in total. The van der Waals surface area contributed by atoms with E-state index in [1.807, 2.05) is 18.4 Å². The molecule has 0 bridgehead atoms. The van der Waals surface area contributed by atoms with E-state index in [4.69, 9.17) is 4.42 Å². The highest BCUT2D eigenvalue weighted by Gasteiger charge is 2.22. The summed E-state index contributed by atoms with van der Waals surface area (Å²) in [5.74, 6) is 3.02. The molecule has 0 aliphatic carbocycles. The molecule has 1 fully saturated rings. The van der Waals surface area contributed by atoms with E-state index < -0.39 is 0 Å². The molecule has 1 aliphatic rings. The summed E-state index contributed by atoms with van der Waals surface area (Å²) in [4.78, 5) is 23.0. The summed E-state index contributed by atoms with van der Waals surface area (Å²) in [6.07, 6.45) is 7.71. The molecule has 128 valence electrons. The topological polar surface area (TPSA) is 71.3 Å². The number of carbonyl (C=O) groups is 1. The maximum absolute atomic E-state index is 12.2. The van der Waals surface area contributed by atoms with Gasteiger partial charge in [-0.25, -0.2) is 9.97 Å². The van der Waals surface area contributed by atoms with E-state index in [-0.39, 0.29) is 5.91 Å². The predicted molar refractivity (Wildman–Crippen MR) is 95.2 cm³/mol. The molecule has 0 spiro atoms. The zero-order valence-electron chi connectivity index (χ0n) is 13.8. The Morgan fingerprint density at radius 3 is 3.04 bits per heavy atom. The highest BCUT2D eigenvalue weighted by Crippen LogP contribution is 2.19. The first-order valence-corrected chi connectivity index (χ1v) is 9.53. The van der Waals surface area contributed by atoms with Gasteiger partial charge in [-0.1, -0.05) is 0 Å². The number of rotatable bonds is 6. The number of anilines is 1. The van der Waals surface area contributed by atoms with E-state index in [1.54, 1.807) is 30.2 Å². The predicted octanol–water partition coefficient (Wildman–Crippen LogP) is 2.58. The fraction of sp³-hybridized carbons (Fsp3) is 0.471. The van der Waals surface area contributed by atoms with Crippen molar-refractivity contribution in [2.45, 2.75) is 18.6 Å². The Kier molecular flexibility index (Phi) is 5.74. The van der Waals surface area contributed by atoms with Gasteiger partial charge in [0.25, 0.3) is 5.91 Å². The van der Waals surface area contributed by atoms with Crippen LogP contribution in [0.3, 0.4) is 0 Å². The molecule has 3 rings (SSSR count). The average molecular weight is 346 g/mol. The van der Waals surface area contributed by atoms with Gasteiger partial charge in [0.2, 0.25) is 5.95 Å². The van der Waals surface area contributed by atoms with Crippen molar-refractivity contribution in [1.29, 1.82) is 0 Å². The van der Waals surface area contributed by atoms with Gasteiger partial charge in [0, 0.05) is 32.0 Å². The average Bonchev–Trinajstić information content (AvgIpc) is 3.10. The van der Waals surface area contributed by atoms with Gasteiger partial charge in [-0.15, -0.1) is 0 Å². The molecular formula is C17H22N4O2S. The lowest BCUT2D eigenvalue weighted by molar-refractivity contribution is 0.0916. The first kappa shape index (κ1) is 16.8. The van der Waals surface area contributed by atoms with Crippen molar-refractivity contribution in [3.05, 3.63) is 42.1 Å². The third-order valence-electron chi connectivity index (χ3n) is 4.08. The van der Waals surface area contributed by atoms with Crippen molar-refractivity contribution in [3.63, 3.8) is 0 Å². The van der Waals surface area contributed by atoms with Crippen LogP contribution in [-0.4, -0.2) is 41.8 Å². The van der Waals surface area contributed by atoms with Gasteiger partial charge in [0.15, 0.2) is 5.76 Å². The summed E-state index contributed by atoms with van der Waals surface area (Å²) in [6.45, 7) is 2.46. The van der Waals surface area contributed by atoms with Crippen LogP contribution in [0.25, 0.3) is 0 Å². The second-order valence-electron chi connectivity index (χ2n) is 5.91. The summed E-state index contributed by atoms with van der Waals surface area (Å²) >= 11 is 1.67. The lowest BCUT2D eigenvalue weighted by Crippen LogP contribution is -2.41. The van der Waals surface area contributed by atoms with E-state index in [0.717, 1.165) is 43.4 Å². The monoisotopic (exact) mass is 346 g/mol. The van der Waals surface area contributed by atoms with Crippen LogP contribution in [0, 0.1) is 5.92 Å². The van der Waals surface area contributed by atoms with Crippen molar-refractivity contribution in [3.8, 4) is 0 Å². The summed E-state index contributed by atoms with van der Waals surface area (Å²) < 4.78 is 5.55. The maximum atomic E-state index is 12.2. The minimum absolute atomic E-state index is 0.143. The van der Waals surface area contributed by atoms with Gasteiger partial charge in [0.05, 0.1) is 5.75 Å². The molecular weight excluding hydrogens is 324 g/mol. The Bertz CT molecular complexity index is 662. The van der Waals surface area contributed by atoms with E-state index in [2.05, 4.69) is 20.2 Å². The number of thioether (sulfide) groups is 1. The van der Waals surface area contributed by atoms with E-state index in [0.29, 0.717) is 18.2 Å². The first-order valence-electron chi connectivity index (χ1n) is 8.14. The molecule has 3 heterocycles. The Labute approximate surface area is 146 Å². The van der Waals surface area contributed by atoms with Crippen molar-refractivity contribution in [2.24, 2.45) is 5.92 Å². The molecule has 2 aromatic rings. The van der Waals surface area contributed by atoms with Crippen LogP contribution < -0.4 is 10.2 Å². The Hall–Kier alpha value is -2.02. The summed E-state index contributed by atoms with van der Waals surface area (Å²) in [5.41, 5.74) is 0. The number of amides is 1. The maximum Gasteiger partial charge on any atom is 0.287 e. The van der Waals surface area contributed by atoms with Gasteiger partial charge in [0.1, 0.15) is 5.76 Å². The molecule has 0 unspecified atom stereocenters. The zero-order valence-corrected chi connectivity index (χ0v) is 14.6. The van der Waals surface area contributed by atoms with Gasteiger partial charge in [-0.2, -0.15) is 11.8 Å². The summed E-state index contributed by atoms with van der Waals surface area (Å²) in [7, 11) is 0. The number of nitrogens with one attached hydrogen (secondary N) is 1. The minimum Gasteiger partial charge on any atom is -0.455 e. The summed E-state index contributed by atoms with van der Waals surface area (Å²) in [5, 5.41) is 2.99. The quantitative estimate of drug-likeness (QED) is 0.867. The molecule has 1 amide bonds. The van der Waals surface area contributed by atoms with Crippen LogP contribution in [-0.2, 0) is 5.75 Å². The van der Waals surface area contributed by atoms with Crippen molar-refractivity contribution < 1.29 is 9.21 Å². The Morgan fingerprint density at radius 1 is 1.42 bits per heavy atom. The Morgan fingerprint density at radius 2 is 2.25 bits per heavy atom. The third kappa shape index (κ3) is 4.29. The number of hydrogen-bond donors (Lipinski definition) is 1. The van der Waals surface area contributed by atoms with E-state index in [9.17, 15) is 4.79 Å². The SMILES string of the molecule is CSCc1ccc(C(=O)NC[C@@H]2CCCN(c3ncccn3)C2)o1. The van der Waals surface area contributed by atoms with Crippen molar-refractivity contribution in [2.75, 3.05) is 30.8 Å². The largest absolute Gasteiger partial charge is 0.455 e. The normalized spacial score (nSPS) is 17.7. The van der Waals surface area contributed by atoms with Crippen molar-refractivity contribution >= 4 is 23.6 Å². The second kappa shape index (κ2) is 8.19. The molecule has 24 heavy (non-hydrogen) atoms. The van der Waals surface area contributed by atoms with Crippen LogP contribution in [0.1, 0.15) is 29.2 Å².